The van der Waals surface area contributed by atoms with Gasteiger partial charge in [-0.1, -0.05) is 13.8 Å². The normalized spacial score (nSPS) is 10.9. The summed E-state index contributed by atoms with van der Waals surface area (Å²) in [6.45, 7) is 4.27. The number of ether oxygens (including phenoxy) is 4. The number of nitrogens with zero attached hydrogens (tertiary/aromatic N) is 1. The van der Waals surface area contributed by atoms with Gasteiger partial charge in [0.05, 0.1) is 40.4 Å². The first-order chi connectivity index (χ1) is 22.2. The predicted octanol–water partition coefficient (Wildman–Crippen LogP) is 5.62. The molecule has 0 unspecified atom stereocenters. The zero-order valence-electron chi connectivity index (χ0n) is 24.9. The average Bonchev–Trinajstić information content (AvgIpc) is 3.03. The molecule has 4 aromatic carbocycles. The number of rotatable bonds is 13. The van der Waals surface area contributed by atoms with Crippen LogP contribution < -0.4 is 18.9 Å². The van der Waals surface area contributed by atoms with E-state index in [0.717, 1.165) is 30.3 Å². The average molecular weight is 646 g/mol. The van der Waals surface area contributed by atoms with E-state index in [9.17, 15) is 44.6 Å². The van der Waals surface area contributed by atoms with E-state index < -0.39 is 51.0 Å². The highest BCUT2D eigenvalue weighted by molar-refractivity contribution is 6.04. The van der Waals surface area contributed by atoms with Crippen LogP contribution in [-0.2, 0) is 0 Å². The molecule has 0 fully saturated rings. The fourth-order valence-electron chi connectivity index (χ4n) is 4.02. The Balaban J connectivity index is 1.28. The zero-order chi connectivity index (χ0) is 34.3. The van der Waals surface area contributed by atoms with Gasteiger partial charge < -0.3 is 34.3 Å². The second kappa shape index (κ2) is 14.1. The summed E-state index contributed by atoms with van der Waals surface area (Å²) in [6, 6.07) is 18.2. The van der Waals surface area contributed by atoms with Crippen molar-refractivity contribution in [1.29, 1.82) is 0 Å². The van der Waals surface area contributed by atoms with Crippen molar-refractivity contribution < 1.29 is 58.4 Å². The van der Waals surface area contributed by atoms with Gasteiger partial charge in [0.2, 0.25) is 0 Å². The number of carboxylic acid groups (broad SMARTS) is 2. The third kappa shape index (κ3) is 8.82. The molecule has 0 aliphatic heterocycles. The van der Waals surface area contributed by atoms with Gasteiger partial charge in [-0.3, -0.25) is 10.1 Å². The van der Waals surface area contributed by atoms with E-state index in [1.165, 1.54) is 30.3 Å². The highest BCUT2D eigenvalue weighted by Crippen LogP contribution is 2.26. The summed E-state index contributed by atoms with van der Waals surface area (Å²) in [6.07, 6.45) is 0. The van der Waals surface area contributed by atoms with Crippen LogP contribution in [0, 0.1) is 15.5 Å². The van der Waals surface area contributed by atoms with Crippen LogP contribution in [0.15, 0.2) is 84.9 Å². The molecule has 14 heteroatoms. The highest BCUT2D eigenvalue weighted by atomic mass is 16.6. The Morgan fingerprint density at radius 1 is 0.638 bits per heavy atom. The van der Waals surface area contributed by atoms with Crippen LogP contribution in [-0.4, -0.2) is 57.3 Å². The van der Waals surface area contributed by atoms with Crippen LogP contribution >= 0.6 is 0 Å². The zero-order valence-corrected chi connectivity index (χ0v) is 24.9. The molecule has 0 heterocycles. The molecular formula is C33H27NO13. The number of phenols is 1. The number of aromatic hydroxyl groups is 1. The van der Waals surface area contributed by atoms with Crippen LogP contribution in [0.5, 0.6) is 28.7 Å². The van der Waals surface area contributed by atoms with Crippen LogP contribution in [0.2, 0.25) is 0 Å². The molecule has 4 rings (SSSR count). The maximum atomic E-state index is 12.6. The number of nitro benzene ring substituents is 1. The summed E-state index contributed by atoms with van der Waals surface area (Å²) in [5.74, 6) is -3.94. The molecule has 3 N–H and O–H groups in total. The number of nitro groups is 1. The number of benzene rings is 4. The molecule has 0 saturated carbocycles. The van der Waals surface area contributed by atoms with Gasteiger partial charge >= 0.3 is 23.9 Å². The SMILES string of the molecule is CC(C)(COc1ccc(OC(=O)c2ccc(O)cc2C(=O)O)cc1)COc1ccc(OC(=O)c2ccc([N+](=O)[O-])cc2C(=O)O)cc1. The Morgan fingerprint density at radius 3 is 1.47 bits per heavy atom. The molecule has 14 nitrogen and oxygen atoms in total. The first-order valence-electron chi connectivity index (χ1n) is 13.7. The Hall–Kier alpha value is -6.44. The topological polar surface area (TPSA) is 209 Å². The quantitative estimate of drug-likeness (QED) is 0.0699. The van der Waals surface area contributed by atoms with Crippen molar-refractivity contribution in [2.24, 2.45) is 5.41 Å². The Bertz CT molecular complexity index is 1830. The number of aromatic carboxylic acids is 2. The standard InChI is InChI=1S/C33H27NO13/c1-33(2,18-45-22-7-11-24(12-8-22)47-32(41)26-14-4-20(35)16-28(26)30(38)39)17-44-21-5-9-23(10-6-21)46-31(40)25-13-3-19(34(42)43)15-27(25)29(36)37/h3-16,35H,17-18H2,1-2H3,(H,36,37)(H,38,39). The molecule has 4 aromatic rings. The van der Waals surface area contributed by atoms with Gasteiger partial charge in [0, 0.05) is 17.5 Å². The Morgan fingerprint density at radius 2 is 1.04 bits per heavy atom. The lowest BCUT2D eigenvalue weighted by molar-refractivity contribution is -0.384. The van der Waals surface area contributed by atoms with Crippen molar-refractivity contribution in [2.45, 2.75) is 13.8 Å². The number of hydrogen-bond acceptors (Lipinski definition) is 11. The van der Waals surface area contributed by atoms with Crippen molar-refractivity contribution in [1.82, 2.24) is 0 Å². The van der Waals surface area contributed by atoms with Crippen molar-refractivity contribution in [3.8, 4) is 28.7 Å². The van der Waals surface area contributed by atoms with E-state index in [1.807, 2.05) is 13.8 Å². The molecule has 0 aliphatic rings. The molecule has 0 saturated heterocycles. The summed E-state index contributed by atoms with van der Waals surface area (Å²) in [5, 5.41) is 39.1. The van der Waals surface area contributed by atoms with E-state index in [2.05, 4.69) is 0 Å². The highest BCUT2D eigenvalue weighted by Gasteiger charge is 2.24. The largest absolute Gasteiger partial charge is 0.508 e. The summed E-state index contributed by atoms with van der Waals surface area (Å²) in [5.41, 5.74) is -2.47. The minimum absolute atomic E-state index is 0.0964. The lowest BCUT2D eigenvalue weighted by Crippen LogP contribution is -2.28. The first kappa shape index (κ1) is 33.5. The number of carbonyl (C=O) groups is 4. The molecule has 0 radical (unpaired) electrons. The molecule has 0 spiro atoms. The third-order valence-electron chi connectivity index (χ3n) is 6.45. The van der Waals surface area contributed by atoms with Gasteiger partial charge in [-0.2, -0.15) is 0 Å². The summed E-state index contributed by atoms with van der Waals surface area (Å²) < 4.78 is 22.2. The van der Waals surface area contributed by atoms with Gasteiger partial charge in [0.1, 0.15) is 28.7 Å². The van der Waals surface area contributed by atoms with E-state index in [1.54, 1.807) is 24.3 Å². The minimum atomic E-state index is -1.52. The van der Waals surface area contributed by atoms with Crippen molar-refractivity contribution >= 4 is 29.6 Å². The van der Waals surface area contributed by atoms with Crippen molar-refractivity contribution in [2.75, 3.05) is 13.2 Å². The third-order valence-corrected chi connectivity index (χ3v) is 6.45. The van der Waals surface area contributed by atoms with E-state index in [-0.39, 0.29) is 41.6 Å². The molecular weight excluding hydrogens is 618 g/mol. The maximum absolute atomic E-state index is 12.6. The van der Waals surface area contributed by atoms with Crippen molar-refractivity contribution in [3.63, 3.8) is 0 Å². The summed E-state index contributed by atoms with van der Waals surface area (Å²) in [7, 11) is 0. The predicted molar refractivity (Wildman–Crippen MR) is 163 cm³/mol. The van der Waals surface area contributed by atoms with Crippen molar-refractivity contribution in [3.05, 3.63) is 117 Å². The van der Waals surface area contributed by atoms with Crippen LogP contribution in [0.4, 0.5) is 5.69 Å². The van der Waals surface area contributed by atoms with Gasteiger partial charge in [0.25, 0.3) is 5.69 Å². The molecule has 0 amide bonds. The second-order valence-corrected chi connectivity index (χ2v) is 10.8. The van der Waals surface area contributed by atoms with Crippen LogP contribution in [0.1, 0.15) is 55.3 Å². The second-order valence-electron chi connectivity index (χ2n) is 10.8. The van der Waals surface area contributed by atoms with Gasteiger partial charge in [-0.05, 0) is 72.8 Å². The number of phenolic OH excluding ortho intramolecular Hbond substituents is 1. The van der Waals surface area contributed by atoms with Gasteiger partial charge in [0.15, 0.2) is 0 Å². The molecule has 0 bridgehead atoms. The van der Waals surface area contributed by atoms with Gasteiger partial charge in [-0.15, -0.1) is 0 Å². The number of hydrogen-bond donors (Lipinski definition) is 3. The fraction of sp³-hybridized carbons (Fsp3) is 0.152. The fourth-order valence-corrected chi connectivity index (χ4v) is 4.02. The lowest BCUT2D eigenvalue weighted by atomic mass is 9.96. The molecule has 0 atom stereocenters. The Labute approximate surface area is 266 Å². The molecule has 242 valence electrons. The van der Waals surface area contributed by atoms with E-state index in [4.69, 9.17) is 18.9 Å². The number of esters is 2. The van der Waals surface area contributed by atoms with E-state index >= 15 is 0 Å². The van der Waals surface area contributed by atoms with E-state index in [0.29, 0.717) is 11.5 Å². The molecule has 0 aliphatic carbocycles. The van der Waals surface area contributed by atoms with Gasteiger partial charge in [-0.25, -0.2) is 19.2 Å². The first-order valence-corrected chi connectivity index (χ1v) is 13.7. The monoisotopic (exact) mass is 645 g/mol. The molecule has 0 aromatic heterocycles. The number of non-ortho nitro benzene ring substituents is 1. The Kier molecular flexibility index (Phi) is 10.0. The molecule has 47 heavy (non-hydrogen) atoms. The number of carbonyl (C=O) groups excluding carboxylic acids is 2. The van der Waals surface area contributed by atoms with Crippen LogP contribution in [0.25, 0.3) is 0 Å². The number of carboxylic acids is 2. The summed E-state index contributed by atoms with van der Waals surface area (Å²) in [4.78, 5) is 58.2. The smallest absolute Gasteiger partial charge is 0.344 e. The van der Waals surface area contributed by atoms with Crippen LogP contribution in [0.3, 0.4) is 0 Å². The lowest BCUT2D eigenvalue weighted by Gasteiger charge is -2.25. The maximum Gasteiger partial charge on any atom is 0.344 e. The summed E-state index contributed by atoms with van der Waals surface area (Å²) >= 11 is 0. The minimum Gasteiger partial charge on any atom is -0.508 e.